The molecular weight excluding hydrogens is 389 g/mol. The highest BCUT2D eigenvalue weighted by molar-refractivity contribution is 7.91. The molecule has 0 unspecified atom stereocenters. The van der Waals surface area contributed by atoms with Crippen LogP contribution in [-0.4, -0.2) is 39.6 Å². The van der Waals surface area contributed by atoms with Crippen molar-refractivity contribution >= 4 is 38.8 Å². The lowest BCUT2D eigenvalue weighted by Crippen LogP contribution is -2.43. The number of pyridine rings is 1. The summed E-state index contributed by atoms with van der Waals surface area (Å²) in [5.41, 5.74) is 1.56. The number of nitrogens with zero attached hydrogens (tertiary/aromatic N) is 2. The maximum absolute atomic E-state index is 13.5. The molecule has 5 nitrogen and oxygen atoms in total. The molecule has 0 atom stereocenters. The second kappa shape index (κ2) is 7.80. The summed E-state index contributed by atoms with van der Waals surface area (Å²) in [7, 11) is -3.88. The van der Waals surface area contributed by atoms with Gasteiger partial charge in [-0.1, -0.05) is 18.2 Å². The minimum atomic E-state index is -3.88. The minimum absolute atomic E-state index is 0. The van der Waals surface area contributed by atoms with E-state index in [9.17, 15) is 12.8 Å². The molecule has 2 heterocycles. The zero-order valence-corrected chi connectivity index (χ0v) is 16.1. The third-order valence-corrected chi connectivity index (χ3v) is 6.17. The molecule has 8 heteroatoms. The molecule has 0 aliphatic carbocycles. The van der Waals surface area contributed by atoms with Gasteiger partial charge in [0.1, 0.15) is 5.82 Å². The Morgan fingerprint density at radius 3 is 2.48 bits per heavy atom. The molecule has 4 rings (SSSR count). The van der Waals surface area contributed by atoms with Gasteiger partial charge in [0, 0.05) is 31.6 Å². The fraction of sp³-hybridized carbons (Fsp3) is 0.211. The Balaban J connectivity index is 0.00000210. The quantitative estimate of drug-likeness (QED) is 0.723. The zero-order valence-electron chi connectivity index (χ0n) is 14.4. The van der Waals surface area contributed by atoms with Gasteiger partial charge in [-0.2, -0.15) is 0 Å². The molecule has 2 aromatic carbocycles. The number of nitrogens with one attached hydrogen (secondary N) is 1. The van der Waals surface area contributed by atoms with Gasteiger partial charge in [-0.3, -0.25) is 0 Å². The van der Waals surface area contributed by atoms with Gasteiger partial charge in [-0.25, -0.2) is 17.8 Å². The van der Waals surface area contributed by atoms with E-state index in [0.29, 0.717) is 5.52 Å². The Hall–Kier alpha value is -2.22. The average Bonchev–Trinajstić information content (AvgIpc) is 2.68. The Bertz CT molecular complexity index is 1070. The topological polar surface area (TPSA) is 62.3 Å². The van der Waals surface area contributed by atoms with E-state index in [-0.39, 0.29) is 22.3 Å². The zero-order chi connectivity index (χ0) is 18.1. The molecule has 1 aliphatic heterocycles. The van der Waals surface area contributed by atoms with E-state index in [0.717, 1.165) is 43.3 Å². The molecule has 1 fully saturated rings. The summed E-state index contributed by atoms with van der Waals surface area (Å²) < 4.78 is 39.2. The van der Waals surface area contributed by atoms with Crippen LogP contribution in [0.3, 0.4) is 0 Å². The maximum Gasteiger partial charge on any atom is 0.223 e. The number of anilines is 1. The number of halogens is 2. The Morgan fingerprint density at radius 2 is 1.74 bits per heavy atom. The summed E-state index contributed by atoms with van der Waals surface area (Å²) in [6.45, 7) is 3.42. The maximum atomic E-state index is 13.5. The summed E-state index contributed by atoms with van der Waals surface area (Å²) in [6, 6.07) is 14.0. The molecule has 1 saturated heterocycles. The number of benzene rings is 2. The largest absolute Gasteiger partial charge is 0.367 e. The van der Waals surface area contributed by atoms with Gasteiger partial charge in [0.2, 0.25) is 9.84 Å². The first kappa shape index (κ1) is 19.5. The van der Waals surface area contributed by atoms with E-state index < -0.39 is 15.7 Å². The SMILES string of the molecule is Cl.O=S(=O)(c1cccc(F)c1)c1ccc2cccc(N3CCNCC3)c2n1. The first-order valence-electron chi connectivity index (χ1n) is 8.42. The van der Waals surface area contributed by atoms with Crippen LogP contribution in [0.25, 0.3) is 10.9 Å². The van der Waals surface area contributed by atoms with Crippen LogP contribution in [0, 0.1) is 5.82 Å². The van der Waals surface area contributed by atoms with Crippen molar-refractivity contribution in [3.05, 3.63) is 60.4 Å². The predicted octanol–water partition coefficient (Wildman–Crippen LogP) is 3.04. The predicted molar refractivity (Wildman–Crippen MR) is 106 cm³/mol. The molecule has 0 spiro atoms. The normalized spacial score (nSPS) is 14.8. The number of fused-ring (bicyclic) bond motifs is 1. The number of rotatable bonds is 3. The molecule has 27 heavy (non-hydrogen) atoms. The first-order chi connectivity index (χ1) is 12.6. The third kappa shape index (κ3) is 3.76. The monoisotopic (exact) mass is 407 g/mol. The van der Waals surface area contributed by atoms with Crippen molar-refractivity contribution in [2.75, 3.05) is 31.1 Å². The van der Waals surface area contributed by atoms with Crippen molar-refractivity contribution < 1.29 is 12.8 Å². The van der Waals surface area contributed by atoms with Gasteiger partial charge in [0.15, 0.2) is 5.03 Å². The van der Waals surface area contributed by atoms with E-state index in [2.05, 4.69) is 15.2 Å². The number of aromatic nitrogens is 1. The molecule has 0 radical (unpaired) electrons. The molecule has 1 aromatic heterocycles. The summed E-state index contributed by atoms with van der Waals surface area (Å²) in [6.07, 6.45) is 0. The molecular formula is C19H19ClFN3O2S. The van der Waals surface area contributed by atoms with Crippen LogP contribution in [-0.2, 0) is 9.84 Å². The van der Waals surface area contributed by atoms with Crippen LogP contribution in [0.5, 0.6) is 0 Å². The van der Waals surface area contributed by atoms with Crippen LogP contribution in [0.4, 0.5) is 10.1 Å². The van der Waals surface area contributed by atoms with E-state index in [4.69, 9.17) is 0 Å². The van der Waals surface area contributed by atoms with Crippen LogP contribution in [0.2, 0.25) is 0 Å². The second-order valence-electron chi connectivity index (χ2n) is 6.20. The number of sulfone groups is 1. The number of hydrogen-bond donors (Lipinski definition) is 1. The lowest BCUT2D eigenvalue weighted by atomic mass is 10.1. The smallest absolute Gasteiger partial charge is 0.223 e. The van der Waals surface area contributed by atoms with Crippen molar-refractivity contribution in [3.8, 4) is 0 Å². The third-order valence-electron chi connectivity index (χ3n) is 4.51. The van der Waals surface area contributed by atoms with Crippen LogP contribution in [0.1, 0.15) is 0 Å². The first-order valence-corrected chi connectivity index (χ1v) is 9.90. The highest BCUT2D eigenvalue weighted by Gasteiger charge is 2.22. The Morgan fingerprint density at radius 1 is 1.00 bits per heavy atom. The molecule has 0 amide bonds. The Kier molecular flexibility index (Phi) is 5.64. The van der Waals surface area contributed by atoms with E-state index >= 15 is 0 Å². The van der Waals surface area contributed by atoms with Crippen molar-refractivity contribution in [1.29, 1.82) is 0 Å². The average molecular weight is 408 g/mol. The number of piperazine rings is 1. The molecule has 1 N–H and O–H groups in total. The fourth-order valence-corrected chi connectivity index (χ4v) is 4.40. The minimum Gasteiger partial charge on any atom is -0.367 e. The van der Waals surface area contributed by atoms with Gasteiger partial charge >= 0.3 is 0 Å². The second-order valence-corrected chi connectivity index (χ2v) is 8.09. The molecule has 142 valence electrons. The van der Waals surface area contributed by atoms with Crippen molar-refractivity contribution in [3.63, 3.8) is 0 Å². The van der Waals surface area contributed by atoms with Gasteiger partial charge < -0.3 is 10.2 Å². The summed E-state index contributed by atoms with van der Waals surface area (Å²) in [4.78, 5) is 6.56. The van der Waals surface area contributed by atoms with Crippen LogP contribution < -0.4 is 10.2 Å². The van der Waals surface area contributed by atoms with Crippen LogP contribution in [0.15, 0.2) is 64.5 Å². The van der Waals surface area contributed by atoms with Gasteiger partial charge in [-0.15, -0.1) is 12.4 Å². The number of para-hydroxylation sites is 1. The lowest BCUT2D eigenvalue weighted by Gasteiger charge is -2.30. The lowest BCUT2D eigenvalue weighted by molar-refractivity contribution is 0.587. The van der Waals surface area contributed by atoms with E-state index in [1.807, 2.05) is 18.2 Å². The molecule has 1 aliphatic rings. The summed E-state index contributed by atoms with van der Waals surface area (Å²) in [5.74, 6) is -0.589. The summed E-state index contributed by atoms with van der Waals surface area (Å²) in [5, 5.41) is 4.10. The van der Waals surface area contributed by atoms with Crippen LogP contribution >= 0.6 is 12.4 Å². The molecule has 0 bridgehead atoms. The van der Waals surface area contributed by atoms with E-state index in [1.165, 1.54) is 24.3 Å². The van der Waals surface area contributed by atoms with Crippen molar-refractivity contribution in [2.24, 2.45) is 0 Å². The fourth-order valence-electron chi connectivity index (χ4n) is 3.18. The van der Waals surface area contributed by atoms with Crippen molar-refractivity contribution in [2.45, 2.75) is 9.92 Å². The van der Waals surface area contributed by atoms with E-state index in [1.54, 1.807) is 6.07 Å². The molecule has 3 aromatic rings. The highest BCUT2D eigenvalue weighted by atomic mass is 35.5. The van der Waals surface area contributed by atoms with Gasteiger partial charge in [0.05, 0.1) is 16.1 Å². The Labute approximate surface area is 163 Å². The van der Waals surface area contributed by atoms with Gasteiger partial charge in [0.25, 0.3) is 0 Å². The van der Waals surface area contributed by atoms with Gasteiger partial charge in [-0.05, 0) is 36.4 Å². The summed E-state index contributed by atoms with van der Waals surface area (Å²) >= 11 is 0. The highest BCUT2D eigenvalue weighted by Crippen LogP contribution is 2.28. The number of hydrogen-bond acceptors (Lipinski definition) is 5. The molecule has 0 saturated carbocycles. The standard InChI is InChI=1S/C19H18FN3O2S.ClH/c20-15-4-2-5-16(13-15)26(24,25)18-8-7-14-3-1-6-17(19(14)22-18)23-11-9-21-10-12-23;/h1-8,13,21H,9-12H2;1H. The van der Waals surface area contributed by atoms with Crippen molar-refractivity contribution in [1.82, 2.24) is 10.3 Å².